The fourth-order valence-electron chi connectivity index (χ4n) is 3.39. The highest BCUT2D eigenvalue weighted by molar-refractivity contribution is 6.22. The number of carbonyl (C=O) groups is 3. The van der Waals surface area contributed by atoms with Crippen LogP contribution in [-0.4, -0.2) is 38.9 Å². The van der Waals surface area contributed by atoms with Gasteiger partial charge in [-0.25, -0.2) is 4.68 Å². The van der Waals surface area contributed by atoms with Crippen molar-refractivity contribution < 1.29 is 14.4 Å². The second-order valence-electron chi connectivity index (χ2n) is 6.68. The number of benzene rings is 2. The number of fused-ring (bicyclic) bond motifs is 2. The Morgan fingerprint density at radius 3 is 2.20 bits per heavy atom. The fraction of sp³-hybridized carbons (Fsp3) is 0.136. The minimum atomic E-state index is -0.523. The first kappa shape index (κ1) is 19.1. The Kier molecular flexibility index (Phi) is 4.86. The van der Waals surface area contributed by atoms with Crippen LogP contribution in [0, 0.1) is 12.3 Å². The Labute approximate surface area is 171 Å². The van der Waals surface area contributed by atoms with Gasteiger partial charge >= 0.3 is 0 Å². The summed E-state index contributed by atoms with van der Waals surface area (Å²) in [6, 6.07) is 13.3. The zero-order valence-electron chi connectivity index (χ0n) is 15.8. The van der Waals surface area contributed by atoms with Crippen molar-refractivity contribution in [1.29, 1.82) is 0 Å². The Morgan fingerprint density at radius 1 is 0.967 bits per heavy atom. The van der Waals surface area contributed by atoms with Crippen molar-refractivity contribution in [3.8, 4) is 12.3 Å². The molecule has 0 fully saturated rings. The lowest BCUT2D eigenvalue weighted by atomic mass is 10.1. The van der Waals surface area contributed by atoms with Crippen LogP contribution in [0.5, 0.6) is 0 Å². The van der Waals surface area contributed by atoms with E-state index in [1.54, 1.807) is 48.5 Å². The number of hydrogen-bond acceptors (Lipinski definition) is 5. The molecule has 0 bridgehead atoms. The molecule has 148 valence electrons. The third kappa shape index (κ3) is 3.22. The Hall–Kier alpha value is -4.25. The van der Waals surface area contributed by atoms with Gasteiger partial charge in [0.2, 0.25) is 5.91 Å². The average molecular weight is 400 g/mol. The van der Waals surface area contributed by atoms with Gasteiger partial charge in [-0.15, -0.1) is 6.42 Å². The number of imide groups is 1. The highest BCUT2D eigenvalue weighted by Crippen LogP contribution is 2.22. The van der Waals surface area contributed by atoms with E-state index >= 15 is 0 Å². The van der Waals surface area contributed by atoms with Crippen LogP contribution >= 0.6 is 0 Å². The SMILES string of the molecule is C#CCn1nc(CNC(=O)CN2C(=O)c3ccccc3C2=O)c2ccccc2c1=O. The van der Waals surface area contributed by atoms with Gasteiger partial charge in [0.15, 0.2) is 0 Å². The van der Waals surface area contributed by atoms with Gasteiger partial charge in [0.1, 0.15) is 13.1 Å². The monoisotopic (exact) mass is 400 g/mol. The van der Waals surface area contributed by atoms with Crippen LogP contribution in [0.1, 0.15) is 26.4 Å². The van der Waals surface area contributed by atoms with E-state index in [0.29, 0.717) is 16.5 Å². The zero-order valence-corrected chi connectivity index (χ0v) is 15.8. The number of hydrogen-bond donors (Lipinski definition) is 1. The summed E-state index contributed by atoms with van der Waals surface area (Å²) in [4.78, 5) is 50.6. The first-order chi connectivity index (χ1) is 14.5. The van der Waals surface area contributed by atoms with Crippen LogP contribution in [0.25, 0.3) is 10.8 Å². The van der Waals surface area contributed by atoms with Gasteiger partial charge < -0.3 is 5.32 Å². The molecule has 0 saturated heterocycles. The van der Waals surface area contributed by atoms with Crippen LogP contribution in [0.3, 0.4) is 0 Å². The van der Waals surface area contributed by atoms with Crippen LogP contribution in [0.2, 0.25) is 0 Å². The molecule has 1 aromatic heterocycles. The number of aromatic nitrogens is 2. The molecule has 0 unspecified atom stereocenters. The quantitative estimate of drug-likeness (QED) is 0.507. The lowest BCUT2D eigenvalue weighted by molar-refractivity contribution is -0.121. The van der Waals surface area contributed by atoms with E-state index in [0.717, 1.165) is 9.58 Å². The van der Waals surface area contributed by atoms with Crippen molar-refractivity contribution in [2.24, 2.45) is 0 Å². The van der Waals surface area contributed by atoms with Crippen molar-refractivity contribution in [2.75, 3.05) is 6.54 Å². The van der Waals surface area contributed by atoms with Crippen LogP contribution in [0.4, 0.5) is 0 Å². The summed E-state index contributed by atoms with van der Waals surface area (Å²) in [5.41, 5.74) is 0.703. The summed E-state index contributed by atoms with van der Waals surface area (Å²) < 4.78 is 1.16. The van der Waals surface area contributed by atoms with Gasteiger partial charge in [0.05, 0.1) is 28.8 Å². The molecule has 0 aliphatic carbocycles. The molecular weight excluding hydrogens is 384 g/mol. The molecule has 0 spiro atoms. The average Bonchev–Trinajstić information content (AvgIpc) is 3.00. The Morgan fingerprint density at radius 2 is 1.57 bits per heavy atom. The minimum Gasteiger partial charge on any atom is -0.349 e. The molecule has 4 rings (SSSR count). The van der Waals surface area contributed by atoms with Crippen molar-refractivity contribution in [3.63, 3.8) is 0 Å². The summed E-state index contributed by atoms with van der Waals surface area (Å²) in [6.07, 6.45) is 5.31. The van der Waals surface area contributed by atoms with Gasteiger partial charge in [-0.1, -0.05) is 36.3 Å². The number of rotatable bonds is 5. The molecule has 1 aliphatic heterocycles. The molecule has 1 aliphatic rings. The lowest BCUT2D eigenvalue weighted by Gasteiger charge is -2.14. The maximum absolute atomic E-state index is 12.5. The predicted molar refractivity (Wildman–Crippen MR) is 108 cm³/mol. The van der Waals surface area contributed by atoms with E-state index in [1.807, 2.05) is 0 Å². The topological polar surface area (TPSA) is 101 Å². The number of nitrogens with zero attached hydrogens (tertiary/aromatic N) is 3. The van der Waals surface area contributed by atoms with E-state index in [-0.39, 0.29) is 29.8 Å². The second-order valence-corrected chi connectivity index (χ2v) is 6.68. The fourth-order valence-corrected chi connectivity index (χ4v) is 3.39. The van der Waals surface area contributed by atoms with E-state index in [9.17, 15) is 19.2 Å². The first-order valence-electron chi connectivity index (χ1n) is 9.15. The molecule has 1 N–H and O–H groups in total. The number of nitrogens with one attached hydrogen (secondary N) is 1. The molecule has 3 amide bonds. The van der Waals surface area contributed by atoms with Crippen molar-refractivity contribution in [1.82, 2.24) is 20.0 Å². The highest BCUT2D eigenvalue weighted by Gasteiger charge is 2.36. The summed E-state index contributed by atoms with van der Waals surface area (Å²) in [7, 11) is 0. The standard InChI is InChI=1S/C22H16N4O4/c1-2-11-26-22(30)15-8-4-3-7-14(15)18(24-26)12-23-19(27)13-25-20(28)16-9-5-6-10-17(16)21(25)29/h1,3-10H,11-13H2,(H,23,27). The summed E-state index contributed by atoms with van der Waals surface area (Å²) >= 11 is 0. The Bertz CT molecular complexity index is 1270. The summed E-state index contributed by atoms with van der Waals surface area (Å²) in [5, 5.41) is 7.95. The number of carbonyl (C=O) groups excluding carboxylic acids is 3. The highest BCUT2D eigenvalue weighted by atomic mass is 16.2. The maximum Gasteiger partial charge on any atom is 0.275 e. The number of terminal acetylenes is 1. The largest absolute Gasteiger partial charge is 0.349 e. The second kappa shape index (κ2) is 7.64. The van der Waals surface area contributed by atoms with Crippen molar-refractivity contribution >= 4 is 28.5 Å². The number of amides is 3. The van der Waals surface area contributed by atoms with Gasteiger partial charge in [0, 0.05) is 5.39 Å². The van der Waals surface area contributed by atoms with E-state index in [4.69, 9.17) is 6.42 Å². The normalized spacial score (nSPS) is 12.7. The molecule has 2 heterocycles. The molecule has 2 aromatic carbocycles. The molecule has 30 heavy (non-hydrogen) atoms. The van der Waals surface area contributed by atoms with Gasteiger partial charge in [-0.05, 0) is 18.2 Å². The maximum atomic E-state index is 12.5. The third-order valence-electron chi connectivity index (χ3n) is 4.82. The first-order valence-corrected chi connectivity index (χ1v) is 9.15. The van der Waals surface area contributed by atoms with E-state index in [2.05, 4.69) is 16.3 Å². The van der Waals surface area contributed by atoms with Crippen molar-refractivity contribution in [2.45, 2.75) is 13.1 Å². The van der Waals surface area contributed by atoms with Crippen LogP contribution < -0.4 is 10.9 Å². The zero-order chi connectivity index (χ0) is 21.3. The third-order valence-corrected chi connectivity index (χ3v) is 4.82. The molecule has 8 heteroatoms. The molecule has 0 saturated carbocycles. The van der Waals surface area contributed by atoms with Crippen LogP contribution in [0.15, 0.2) is 53.3 Å². The molecular formula is C22H16N4O4. The van der Waals surface area contributed by atoms with E-state index in [1.165, 1.54) is 0 Å². The van der Waals surface area contributed by atoms with E-state index < -0.39 is 24.3 Å². The molecule has 0 radical (unpaired) electrons. The van der Waals surface area contributed by atoms with Gasteiger partial charge in [-0.2, -0.15) is 5.10 Å². The molecule has 0 atom stereocenters. The Balaban J connectivity index is 1.53. The predicted octanol–water partition coefficient (Wildman–Crippen LogP) is 0.942. The van der Waals surface area contributed by atoms with Crippen LogP contribution in [-0.2, 0) is 17.9 Å². The molecule has 8 nitrogen and oxygen atoms in total. The minimum absolute atomic E-state index is 0.000343. The molecule has 3 aromatic rings. The summed E-state index contributed by atoms with van der Waals surface area (Å²) in [5.74, 6) is 0.851. The lowest BCUT2D eigenvalue weighted by Crippen LogP contribution is -2.40. The van der Waals surface area contributed by atoms with Gasteiger partial charge in [0.25, 0.3) is 17.4 Å². The summed E-state index contributed by atoms with van der Waals surface area (Å²) in [6.45, 7) is -0.401. The van der Waals surface area contributed by atoms with Gasteiger partial charge in [-0.3, -0.25) is 24.1 Å². The smallest absolute Gasteiger partial charge is 0.275 e. The van der Waals surface area contributed by atoms with Crippen molar-refractivity contribution in [3.05, 3.63) is 75.7 Å².